The molecule has 0 aliphatic rings. The highest BCUT2D eigenvalue weighted by Crippen LogP contribution is 2.23. The van der Waals surface area contributed by atoms with E-state index in [1.165, 1.54) is 0 Å². The highest BCUT2D eigenvalue weighted by atomic mass is 79.9. The summed E-state index contributed by atoms with van der Waals surface area (Å²) in [6.07, 6.45) is 2.90. The van der Waals surface area contributed by atoms with Crippen molar-refractivity contribution in [1.82, 2.24) is 10.3 Å². The summed E-state index contributed by atoms with van der Waals surface area (Å²) < 4.78 is 0.916. The molecule has 0 spiro atoms. The van der Waals surface area contributed by atoms with Gasteiger partial charge in [0, 0.05) is 28.5 Å². The van der Waals surface area contributed by atoms with Crippen LogP contribution >= 0.6 is 28.3 Å². The number of aromatic nitrogens is 1. The average Bonchev–Trinajstić information content (AvgIpc) is 2.62. The van der Waals surface area contributed by atoms with E-state index in [1.807, 2.05) is 50.2 Å². The molecule has 2 amide bonds. The molecule has 2 rings (SSSR count). The Morgan fingerprint density at radius 1 is 1.21 bits per heavy atom. The second kappa shape index (κ2) is 11.8. The lowest BCUT2D eigenvalue weighted by atomic mass is 10.0. The van der Waals surface area contributed by atoms with Crippen LogP contribution in [-0.2, 0) is 16.0 Å². The minimum atomic E-state index is -0.606. The number of pyridine rings is 1. The Labute approximate surface area is 180 Å². The van der Waals surface area contributed by atoms with Crippen LogP contribution in [0, 0.1) is 5.92 Å². The van der Waals surface area contributed by atoms with Gasteiger partial charge in [0.15, 0.2) is 0 Å². The highest BCUT2D eigenvalue weighted by Gasteiger charge is 2.16. The molecule has 0 fully saturated rings. The Kier molecular flexibility index (Phi) is 10.1. The topological polar surface area (TPSA) is 97.1 Å². The van der Waals surface area contributed by atoms with Crippen molar-refractivity contribution < 1.29 is 9.59 Å². The van der Waals surface area contributed by atoms with Gasteiger partial charge in [0.25, 0.3) is 0 Å². The predicted octanol–water partition coefficient (Wildman–Crippen LogP) is 3.28. The zero-order valence-electron chi connectivity index (χ0n) is 15.9. The van der Waals surface area contributed by atoms with Crippen LogP contribution in [0.15, 0.2) is 47.1 Å². The lowest BCUT2D eigenvalue weighted by Crippen LogP contribution is -2.44. The van der Waals surface area contributed by atoms with Crippen molar-refractivity contribution >= 4 is 45.8 Å². The van der Waals surface area contributed by atoms with Gasteiger partial charge in [0.1, 0.15) is 0 Å². The first kappa shape index (κ1) is 24.1. The number of carbonyl (C=O) groups excluding carboxylic acids is 2. The predicted molar refractivity (Wildman–Crippen MR) is 118 cm³/mol. The number of nitrogens with two attached hydrogens (primary N) is 1. The van der Waals surface area contributed by atoms with Gasteiger partial charge in [-0.25, -0.2) is 0 Å². The van der Waals surface area contributed by atoms with Crippen molar-refractivity contribution in [3.8, 4) is 0 Å². The second-order valence-corrected chi connectivity index (χ2v) is 7.72. The molecule has 28 heavy (non-hydrogen) atoms. The van der Waals surface area contributed by atoms with E-state index in [1.54, 1.807) is 6.20 Å². The maximum Gasteiger partial charge on any atom is 0.243 e. The van der Waals surface area contributed by atoms with Crippen LogP contribution in [0.2, 0.25) is 0 Å². The molecule has 1 atom stereocenters. The summed E-state index contributed by atoms with van der Waals surface area (Å²) in [5, 5.41) is 5.44. The molecular weight excluding hydrogens is 444 g/mol. The smallest absolute Gasteiger partial charge is 0.243 e. The number of hydrogen-bond acceptors (Lipinski definition) is 4. The van der Waals surface area contributed by atoms with E-state index in [2.05, 4.69) is 31.5 Å². The molecule has 0 saturated heterocycles. The van der Waals surface area contributed by atoms with Crippen LogP contribution in [0.3, 0.4) is 0 Å². The number of anilines is 1. The summed E-state index contributed by atoms with van der Waals surface area (Å²) in [4.78, 5) is 28.5. The fourth-order valence-corrected chi connectivity index (χ4v) is 3.04. The van der Waals surface area contributed by atoms with E-state index in [9.17, 15) is 9.59 Å². The third-order valence-corrected chi connectivity index (χ3v) is 4.42. The zero-order valence-corrected chi connectivity index (χ0v) is 18.3. The highest BCUT2D eigenvalue weighted by molar-refractivity contribution is 9.10. The van der Waals surface area contributed by atoms with Crippen molar-refractivity contribution in [2.45, 2.75) is 32.7 Å². The van der Waals surface area contributed by atoms with E-state index >= 15 is 0 Å². The molecule has 152 valence electrons. The molecule has 1 heterocycles. The molecule has 0 unspecified atom stereocenters. The molecule has 0 saturated carbocycles. The van der Waals surface area contributed by atoms with Crippen LogP contribution < -0.4 is 16.4 Å². The van der Waals surface area contributed by atoms with Gasteiger partial charge in [-0.15, -0.1) is 12.4 Å². The first-order valence-electron chi connectivity index (χ1n) is 8.86. The van der Waals surface area contributed by atoms with Gasteiger partial charge < -0.3 is 16.4 Å². The molecule has 4 N–H and O–H groups in total. The molecule has 8 heteroatoms. The summed E-state index contributed by atoms with van der Waals surface area (Å²) in [5.74, 6) is -0.301. The minimum Gasteiger partial charge on any atom is -0.346 e. The monoisotopic (exact) mass is 468 g/mol. The van der Waals surface area contributed by atoms with Crippen LogP contribution in [0.4, 0.5) is 5.69 Å². The maximum atomic E-state index is 12.3. The van der Waals surface area contributed by atoms with Gasteiger partial charge in [-0.3, -0.25) is 14.6 Å². The summed E-state index contributed by atoms with van der Waals surface area (Å²) in [7, 11) is 0. The number of nitrogens with zero attached hydrogens (tertiary/aromatic N) is 1. The van der Waals surface area contributed by atoms with Crippen LogP contribution in [0.5, 0.6) is 0 Å². The Morgan fingerprint density at radius 3 is 2.61 bits per heavy atom. The first-order valence-corrected chi connectivity index (χ1v) is 9.66. The van der Waals surface area contributed by atoms with Gasteiger partial charge in [-0.2, -0.15) is 0 Å². The molecule has 1 aromatic heterocycles. The van der Waals surface area contributed by atoms with Crippen molar-refractivity contribution in [3.05, 3.63) is 58.3 Å². The number of halogens is 2. The fourth-order valence-electron chi connectivity index (χ4n) is 2.64. The van der Waals surface area contributed by atoms with E-state index in [0.29, 0.717) is 24.4 Å². The summed E-state index contributed by atoms with van der Waals surface area (Å²) in [6, 6.07) is 10.7. The van der Waals surface area contributed by atoms with Gasteiger partial charge >= 0.3 is 0 Å². The molecule has 6 nitrogen and oxygen atoms in total. The van der Waals surface area contributed by atoms with Crippen LogP contribution in [-0.4, -0.2) is 29.4 Å². The number of hydrogen-bond donors (Lipinski definition) is 3. The third kappa shape index (κ3) is 7.96. The normalized spacial score (nSPS) is 11.5. The summed E-state index contributed by atoms with van der Waals surface area (Å²) in [6.45, 7) is 3.87. The average molecular weight is 470 g/mol. The second-order valence-electron chi connectivity index (χ2n) is 6.80. The Bertz CT molecular complexity index is 787. The number of amides is 2. The fraction of sp³-hybridized carbons (Fsp3) is 0.350. The van der Waals surface area contributed by atoms with Crippen molar-refractivity contribution in [2.75, 3.05) is 11.9 Å². The number of carbonyl (C=O) groups is 2. The van der Waals surface area contributed by atoms with Gasteiger partial charge in [-0.05, 0) is 48.2 Å². The van der Waals surface area contributed by atoms with Crippen molar-refractivity contribution in [2.24, 2.45) is 11.7 Å². The molecule has 0 bridgehead atoms. The molecule has 0 radical (unpaired) electrons. The quantitative estimate of drug-likeness (QED) is 0.553. The van der Waals surface area contributed by atoms with Gasteiger partial charge in [-0.1, -0.05) is 35.8 Å². The molecule has 1 aromatic carbocycles. The molecule has 0 aliphatic carbocycles. The number of rotatable bonds is 8. The van der Waals surface area contributed by atoms with Crippen LogP contribution in [0.25, 0.3) is 0 Å². The first-order chi connectivity index (χ1) is 12.8. The van der Waals surface area contributed by atoms with Crippen molar-refractivity contribution in [3.63, 3.8) is 0 Å². The summed E-state index contributed by atoms with van der Waals surface area (Å²) in [5.41, 5.74) is 8.35. The molecule has 2 aromatic rings. The van der Waals surface area contributed by atoms with Gasteiger partial charge in [0.05, 0.1) is 12.6 Å². The summed E-state index contributed by atoms with van der Waals surface area (Å²) >= 11 is 3.46. The van der Waals surface area contributed by atoms with Crippen LogP contribution in [0.1, 0.15) is 31.5 Å². The zero-order chi connectivity index (χ0) is 19.8. The Balaban J connectivity index is 0.00000392. The third-order valence-electron chi connectivity index (χ3n) is 3.92. The van der Waals surface area contributed by atoms with E-state index in [-0.39, 0.29) is 30.8 Å². The Morgan fingerprint density at radius 2 is 1.96 bits per heavy atom. The van der Waals surface area contributed by atoms with E-state index < -0.39 is 6.04 Å². The minimum absolute atomic E-state index is 0. The van der Waals surface area contributed by atoms with Gasteiger partial charge in [0.2, 0.25) is 11.8 Å². The maximum absolute atomic E-state index is 12.3. The Hall–Kier alpha value is -1.96. The molecular formula is C20H26BrClN4O2. The number of nitrogens with one attached hydrogen (secondary N) is 2. The lowest BCUT2D eigenvalue weighted by Gasteiger charge is -2.15. The van der Waals surface area contributed by atoms with Crippen molar-refractivity contribution in [1.29, 1.82) is 0 Å². The largest absolute Gasteiger partial charge is 0.346 e. The molecule has 0 aliphatic heterocycles. The standard InChI is InChI=1S/C20H25BrN4O2.ClH/c1-13(2)9-17(22)20(27)24-12-19(26)25-18-7-6-15(21)10-14(18)11-16-5-3-4-8-23-16;/h3-8,10,13,17H,9,11-12,22H2,1-2H3,(H,24,27)(H,25,26);1H/t17-;/m0./s1. The lowest BCUT2D eigenvalue weighted by molar-refractivity contribution is -0.125. The van der Waals surface area contributed by atoms with E-state index in [4.69, 9.17) is 5.73 Å². The SMILES string of the molecule is CC(C)C[C@H](N)C(=O)NCC(=O)Nc1ccc(Br)cc1Cc1ccccn1.Cl. The number of benzene rings is 1. The van der Waals surface area contributed by atoms with E-state index in [0.717, 1.165) is 15.7 Å².